The third-order valence-corrected chi connectivity index (χ3v) is 4.91. The van der Waals surface area contributed by atoms with Crippen LogP contribution in [0.3, 0.4) is 0 Å². The standard InChI is InChI=1S/C15H11O5S.Na/c16-15(17)13-8-6-11(7-9-13)10-14(21(18,19)20)12-4-2-1-3-5-12;/h1-4,6-10H,(H,16,17)(H,18,19,20);. The molecule has 0 aliphatic rings. The van der Waals surface area contributed by atoms with E-state index in [4.69, 9.17) is 5.11 Å². The molecule has 0 unspecified atom stereocenters. The summed E-state index contributed by atoms with van der Waals surface area (Å²) in [4.78, 5) is 10.6. The van der Waals surface area contributed by atoms with Crippen LogP contribution in [0.4, 0.5) is 0 Å². The summed E-state index contributed by atoms with van der Waals surface area (Å²) in [5, 5.41) is 8.85. The summed E-state index contributed by atoms with van der Waals surface area (Å²) in [7, 11) is -4.40. The Morgan fingerprint density at radius 3 is 2.14 bits per heavy atom. The van der Waals surface area contributed by atoms with E-state index in [0.717, 1.165) is 2.81 Å². The molecule has 0 radical (unpaired) electrons. The van der Waals surface area contributed by atoms with Crippen molar-refractivity contribution in [2.24, 2.45) is 0 Å². The molecule has 0 spiro atoms. The van der Waals surface area contributed by atoms with Crippen LogP contribution < -0.4 is 2.81 Å². The summed E-state index contributed by atoms with van der Waals surface area (Å²) in [5.74, 6) is -1.06. The molecule has 2 N–H and O–H groups in total. The van der Waals surface area contributed by atoms with Crippen molar-refractivity contribution in [2.75, 3.05) is 0 Å². The number of carboxylic acid groups (broad SMARTS) is 1. The fraction of sp³-hybridized carbons (Fsp3) is 0. The Kier molecular flexibility index (Phi) is 5.20. The Bertz CT molecular complexity index is 838. The SMILES string of the molecule is O=C(O)c1ccc(C=C(c2cccc[c]2[Na])S(=O)(=O)O)cc1. The van der Waals surface area contributed by atoms with E-state index in [1.807, 2.05) is 0 Å². The van der Waals surface area contributed by atoms with Gasteiger partial charge in [0.2, 0.25) is 0 Å². The minimum absolute atomic E-state index is 0.105. The first kappa shape index (κ1) is 16.9. The topological polar surface area (TPSA) is 91.7 Å². The fourth-order valence-electron chi connectivity index (χ4n) is 2.01. The van der Waals surface area contributed by atoms with E-state index in [2.05, 4.69) is 0 Å². The van der Waals surface area contributed by atoms with Crippen molar-refractivity contribution in [1.82, 2.24) is 0 Å². The number of hydrogen-bond donors (Lipinski definition) is 2. The molecule has 5 nitrogen and oxygen atoms in total. The van der Waals surface area contributed by atoms with Gasteiger partial charge in [0.1, 0.15) is 0 Å². The zero-order valence-corrected chi connectivity index (χ0v) is 14.5. The first-order valence-corrected chi connectivity index (χ1v) is 8.81. The van der Waals surface area contributed by atoms with Crippen LogP contribution >= 0.6 is 0 Å². The van der Waals surface area contributed by atoms with Crippen molar-refractivity contribution in [3.8, 4) is 0 Å². The van der Waals surface area contributed by atoms with Crippen molar-refractivity contribution in [3.63, 3.8) is 0 Å². The zero-order chi connectivity index (χ0) is 16.3. The number of hydrogen-bond acceptors (Lipinski definition) is 3. The van der Waals surface area contributed by atoms with Gasteiger partial charge in [-0.15, -0.1) is 0 Å². The van der Waals surface area contributed by atoms with Gasteiger partial charge in [-0.05, 0) is 0 Å². The average molecular weight is 326 g/mol. The Hall–Kier alpha value is -1.44. The third kappa shape index (κ3) is 4.06. The van der Waals surface area contributed by atoms with Gasteiger partial charge in [0, 0.05) is 0 Å². The molecule has 0 heterocycles. The Morgan fingerprint density at radius 1 is 1.05 bits per heavy atom. The molecule has 0 aliphatic carbocycles. The molecule has 2 rings (SSSR count). The van der Waals surface area contributed by atoms with E-state index in [1.54, 1.807) is 24.3 Å². The maximum atomic E-state index is 11.7. The number of aromatic carboxylic acids is 1. The van der Waals surface area contributed by atoms with Gasteiger partial charge in [-0.25, -0.2) is 0 Å². The molecular formula is C15H11NaO5S. The van der Waals surface area contributed by atoms with Gasteiger partial charge in [0.25, 0.3) is 0 Å². The summed E-state index contributed by atoms with van der Waals surface area (Å²) in [6, 6.07) is 12.7. The van der Waals surface area contributed by atoms with Gasteiger partial charge in [-0.1, -0.05) is 0 Å². The van der Waals surface area contributed by atoms with Crippen molar-refractivity contribution in [3.05, 3.63) is 65.2 Å². The maximum absolute atomic E-state index is 11.7. The zero-order valence-electron chi connectivity index (χ0n) is 11.7. The van der Waals surface area contributed by atoms with Crippen LogP contribution in [-0.2, 0) is 10.1 Å². The summed E-state index contributed by atoms with van der Waals surface area (Å²) in [6.45, 7) is 0. The van der Waals surface area contributed by atoms with Crippen molar-refractivity contribution in [1.29, 1.82) is 0 Å². The predicted molar refractivity (Wildman–Crippen MR) is 84.7 cm³/mol. The normalized spacial score (nSPS) is 12.2. The Morgan fingerprint density at radius 2 is 1.64 bits per heavy atom. The monoisotopic (exact) mass is 326 g/mol. The van der Waals surface area contributed by atoms with Gasteiger partial charge in [0.05, 0.1) is 0 Å². The molecular weight excluding hydrogens is 315 g/mol. The Labute approximate surface area is 145 Å². The van der Waals surface area contributed by atoms with E-state index in [0.29, 0.717) is 39.1 Å². The van der Waals surface area contributed by atoms with Crippen LogP contribution in [0.15, 0.2) is 48.5 Å². The van der Waals surface area contributed by atoms with E-state index in [-0.39, 0.29) is 10.5 Å². The molecule has 0 bridgehead atoms. The van der Waals surface area contributed by atoms with Crippen LogP contribution in [-0.4, -0.2) is 52.0 Å². The molecule has 0 aliphatic heterocycles. The van der Waals surface area contributed by atoms with E-state index in [9.17, 15) is 17.8 Å². The molecule has 22 heavy (non-hydrogen) atoms. The number of carbonyl (C=O) groups is 1. The van der Waals surface area contributed by atoms with Gasteiger partial charge in [-0.2, -0.15) is 0 Å². The quantitative estimate of drug-likeness (QED) is 0.505. The van der Waals surface area contributed by atoms with Gasteiger partial charge < -0.3 is 0 Å². The molecule has 108 valence electrons. The number of rotatable bonds is 4. The molecule has 0 atom stereocenters. The molecule has 2 aromatic carbocycles. The minimum atomic E-state index is -4.40. The molecule has 0 fully saturated rings. The first-order valence-electron chi connectivity index (χ1n) is 6.37. The van der Waals surface area contributed by atoms with Crippen LogP contribution in [0.25, 0.3) is 11.0 Å². The van der Waals surface area contributed by atoms with Crippen LogP contribution in [0.5, 0.6) is 0 Å². The second-order valence-electron chi connectivity index (χ2n) is 4.73. The molecule has 0 saturated carbocycles. The van der Waals surface area contributed by atoms with Crippen molar-refractivity contribution < 1.29 is 22.9 Å². The fourth-order valence-corrected chi connectivity index (χ4v) is 3.62. The van der Waals surface area contributed by atoms with Gasteiger partial charge in [0.15, 0.2) is 0 Å². The second kappa shape index (κ2) is 6.76. The summed E-state index contributed by atoms with van der Waals surface area (Å²) in [5.41, 5.74) is 1.05. The van der Waals surface area contributed by atoms with Gasteiger partial charge in [-0.3, -0.25) is 0 Å². The summed E-state index contributed by atoms with van der Waals surface area (Å²) in [6.07, 6.45) is 1.33. The van der Waals surface area contributed by atoms with Crippen LogP contribution in [0, 0.1) is 0 Å². The van der Waals surface area contributed by atoms with E-state index in [1.165, 1.54) is 30.3 Å². The molecule has 2 aromatic rings. The average Bonchev–Trinajstić information content (AvgIpc) is 2.45. The predicted octanol–water partition coefficient (Wildman–Crippen LogP) is 1.56. The van der Waals surface area contributed by atoms with Crippen molar-refractivity contribution >= 4 is 57.8 Å². The first-order chi connectivity index (χ1) is 10.3. The number of benzene rings is 2. The van der Waals surface area contributed by atoms with E-state index >= 15 is 0 Å². The van der Waals surface area contributed by atoms with Gasteiger partial charge >= 0.3 is 146 Å². The molecule has 0 saturated heterocycles. The van der Waals surface area contributed by atoms with Crippen LogP contribution in [0.2, 0.25) is 0 Å². The number of carboxylic acids is 1. The Balaban J connectivity index is 2.56. The van der Waals surface area contributed by atoms with E-state index < -0.39 is 16.1 Å². The van der Waals surface area contributed by atoms with Crippen molar-refractivity contribution in [2.45, 2.75) is 0 Å². The third-order valence-electron chi connectivity index (χ3n) is 3.14. The van der Waals surface area contributed by atoms with Crippen LogP contribution in [0.1, 0.15) is 21.5 Å². The second-order valence-corrected chi connectivity index (χ2v) is 7.19. The summed E-state index contributed by atoms with van der Waals surface area (Å²) >= 11 is 0.626. The molecule has 0 aromatic heterocycles. The molecule has 7 heteroatoms. The molecule has 0 amide bonds. The summed E-state index contributed by atoms with van der Waals surface area (Å²) < 4.78 is 33.7.